The van der Waals surface area contributed by atoms with Crippen LogP contribution in [0.5, 0.6) is 0 Å². The van der Waals surface area contributed by atoms with Gasteiger partial charge in [-0.05, 0) is 50.3 Å². The van der Waals surface area contributed by atoms with Crippen LogP contribution in [-0.2, 0) is 0 Å². The molecule has 2 aliphatic heterocycles. The Hall–Kier alpha value is -1.06. The Kier molecular flexibility index (Phi) is 4.71. The second-order valence-electron chi connectivity index (χ2n) is 6.09. The first-order valence-corrected chi connectivity index (χ1v) is 7.25. The number of piperidine rings is 1. The highest BCUT2D eigenvalue weighted by atomic mass is 35.5. The molecule has 4 heteroatoms. The Morgan fingerprint density at radius 2 is 2.00 bits per heavy atom. The summed E-state index contributed by atoms with van der Waals surface area (Å²) in [6.45, 7) is 6.14. The van der Waals surface area contributed by atoms with Crippen molar-refractivity contribution in [2.45, 2.75) is 26.2 Å². The van der Waals surface area contributed by atoms with E-state index in [1.807, 2.05) is 36.1 Å². The van der Waals surface area contributed by atoms with Crippen molar-refractivity contribution in [2.75, 3.05) is 26.2 Å². The van der Waals surface area contributed by atoms with Gasteiger partial charge in [0.05, 0.1) is 0 Å². The van der Waals surface area contributed by atoms with Crippen molar-refractivity contribution in [3.05, 3.63) is 35.4 Å². The second kappa shape index (κ2) is 6.15. The molecule has 1 amide bonds. The van der Waals surface area contributed by atoms with Gasteiger partial charge in [0.15, 0.2) is 0 Å². The van der Waals surface area contributed by atoms with E-state index in [-0.39, 0.29) is 18.3 Å². The van der Waals surface area contributed by atoms with Gasteiger partial charge in [-0.1, -0.05) is 17.7 Å². The predicted molar refractivity (Wildman–Crippen MR) is 83.5 cm³/mol. The van der Waals surface area contributed by atoms with E-state index >= 15 is 0 Å². The first-order chi connectivity index (χ1) is 9.19. The van der Waals surface area contributed by atoms with Crippen molar-refractivity contribution in [1.82, 2.24) is 10.2 Å². The first kappa shape index (κ1) is 15.3. The van der Waals surface area contributed by atoms with Crippen LogP contribution in [0, 0.1) is 12.3 Å². The SMILES string of the molecule is Cc1cccc(C(=O)N2CCC3(CCNC3)CC2)c1.Cl. The second-order valence-corrected chi connectivity index (χ2v) is 6.09. The first-order valence-electron chi connectivity index (χ1n) is 7.25. The monoisotopic (exact) mass is 294 g/mol. The highest BCUT2D eigenvalue weighted by molar-refractivity contribution is 5.94. The maximum Gasteiger partial charge on any atom is 0.253 e. The number of amides is 1. The molecule has 1 aromatic rings. The van der Waals surface area contributed by atoms with Crippen LogP contribution in [0.25, 0.3) is 0 Å². The lowest BCUT2D eigenvalue weighted by atomic mass is 9.78. The van der Waals surface area contributed by atoms with E-state index in [0.717, 1.165) is 50.1 Å². The largest absolute Gasteiger partial charge is 0.339 e. The summed E-state index contributed by atoms with van der Waals surface area (Å²) in [6, 6.07) is 7.92. The number of aryl methyl sites for hydroxylation is 1. The van der Waals surface area contributed by atoms with Crippen LogP contribution in [0.3, 0.4) is 0 Å². The molecule has 0 saturated carbocycles. The van der Waals surface area contributed by atoms with Crippen LogP contribution in [0.2, 0.25) is 0 Å². The van der Waals surface area contributed by atoms with Crippen LogP contribution >= 0.6 is 12.4 Å². The van der Waals surface area contributed by atoms with Gasteiger partial charge in [-0.25, -0.2) is 0 Å². The van der Waals surface area contributed by atoms with Gasteiger partial charge in [-0.15, -0.1) is 12.4 Å². The van der Waals surface area contributed by atoms with Crippen molar-refractivity contribution < 1.29 is 4.79 Å². The molecule has 2 saturated heterocycles. The quantitative estimate of drug-likeness (QED) is 0.863. The van der Waals surface area contributed by atoms with E-state index in [0.29, 0.717) is 5.41 Å². The number of nitrogens with one attached hydrogen (secondary N) is 1. The number of hydrogen-bond donors (Lipinski definition) is 1. The Morgan fingerprint density at radius 1 is 1.25 bits per heavy atom. The molecule has 0 atom stereocenters. The summed E-state index contributed by atoms with van der Waals surface area (Å²) in [4.78, 5) is 14.5. The van der Waals surface area contributed by atoms with E-state index in [1.54, 1.807) is 0 Å². The summed E-state index contributed by atoms with van der Waals surface area (Å²) < 4.78 is 0. The number of carbonyl (C=O) groups is 1. The molecular weight excluding hydrogens is 272 g/mol. The number of carbonyl (C=O) groups excluding carboxylic acids is 1. The average molecular weight is 295 g/mol. The van der Waals surface area contributed by atoms with Crippen molar-refractivity contribution in [1.29, 1.82) is 0 Å². The fraction of sp³-hybridized carbons (Fsp3) is 0.562. The fourth-order valence-electron chi connectivity index (χ4n) is 3.37. The molecule has 1 spiro atoms. The third kappa shape index (κ3) is 2.99. The third-order valence-corrected chi connectivity index (χ3v) is 4.71. The summed E-state index contributed by atoms with van der Waals surface area (Å²) in [5.74, 6) is 0.199. The smallest absolute Gasteiger partial charge is 0.253 e. The van der Waals surface area contributed by atoms with Gasteiger partial charge >= 0.3 is 0 Å². The van der Waals surface area contributed by atoms with E-state index in [9.17, 15) is 4.79 Å². The van der Waals surface area contributed by atoms with Gasteiger partial charge in [0.25, 0.3) is 5.91 Å². The lowest BCUT2D eigenvalue weighted by Gasteiger charge is -2.38. The highest BCUT2D eigenvalue weighted by Crippen LogP contribution is 2.37. The van der Waals surface area contributed by atoms with Gasteiger partial charge in [0, 0.05) is 25.2 Å². The molecule has 0 radical (unpaired) electrons. The molecule has 1 N–H and O–H groups in total. The Bertz CT molecular complexity index is 473. The molecule has 3 nitrogen and oxygen atoms in total. The minimum absolute atomic E-state index is 0. The van der Waals surface area contributed by atoms with Crippen molar-refractivity contribution >= 4 is 18.3 Å². The van der Waals surface area contributed by atoms with Crippen molar-refractivity contribution in [3.63, 3.8) is 0 Å². The highest BCUT2D eigenvalue weighted by Gasteiger charge is 2.38. The fourth-order valence-corrected chi connectivity index (χ4v) is 3.37. The van der Waals surface area contributed by atoms with Crippen molar-refractivity contribution in [2.24, 2.45) is 5.41 Å². The number of hydrogen-bond acceptors (Lipinski definition) is 2. The summed E-state index contributed by atoms with van der Waals surface area (Å²) in [5, 5.41) is 3.46. The molecule has 2 fully saturated rings. The summed E-state index contributed by atoms with van der Waals surface area (Å²) in [6.07, 6.45) is 3.58. The summed E-state index contributed by atoms with van der Waals surface area (Å²) in [5.41, 5.74) is 2.46. The normalized spacial score (nSPS) is 20.8. The average Bonchev–Trinajstić information content (AvgIpc) is 2.87. The predicted octanol–water partition coefficient (Wildman–Crippen LogP) is 2.63. The minimum atomic E-state index is 0. The van der Waals surface area contributed by atoms with Crippen LogP contribution in [0.1, 0.15) is 35.2 Å². The summed E-state index contributed by atoms with van der Waals surface area (Å²) in [7, 11) is 0. The molecule has 0 bridgehead atoms. The molecule has 0 unspecified atom stereocenters. The maximum atomic E-state index is 12.5. The van der Waals surface area contributed by atoms with Gasteiger partial charge in [-0.3, -0.25) is 4.79 Å². The Labute approximate surface area is 127 Å². The number of nitrogens with zero attached hydrogens (tertiary/aromatic N) is 1. The minimum Gasteiger partial charge on any atom is -0.339 e. The number of likely N-dealkylation sites (tertiary alicyclic amines) is 1. The Balaban J connectivity index is 0.00000147. The zero-order valence-corrected chi connectivity index (χ0v) is 12.8. The summed E-state index contributed by atoms with van der Waals surface area (Å²) >= 11 is 0. The molecule has 1 aromatic carbocycles. The maximum absolute atomic E-state index is 12.5. The lowest BCUT2D eigenvalue weighted by molar-refractivity contribution is 0.0607. The number of benzene rings is 1. The molecule has 20 heavy (non-hydrogen) atoms. The van der Waals surface area contributed by atoms with Gasteiger partial charge in [-0.2, -0.15) is 0 Å². The molecule has 0 aromatic heterocycles. The lowest BCUT2D eigenvalue weighted by Crippen LogP contribution is -2.44. The van der Waals surface area contributed by atoms with Gasteiger partial charge in [0.1, 0.15) is 0 Å². The topological polar surface area (TPSA) is 32.3 Å². The zero-order chi connectivity index (χ0) is 13.3. The molecule has 2 heterocycles. The van der Waals surface area contributed by atoms with Gasteiger partial charge in [0.2, 0.25) is 0 Å². The van der Waals surface area contributed by atoms with Crippen molar-refractivity contribution in [3.8, 4) is 0 Å². The molecule has 110 valence electrons. The number of rotatable bonds is 1. The van der Waals surface area contributed by atoms with E-state index in [4.69, 9.17) is 0 Å². The van der Waals surface area contributed by atoms with E-state index in [1.165, 1.54) is 6.42 Å². The molecule has 3 rings (SSSR count). The van der Waals surface area contributed by atoms with Crippen LogP contribution < -0.4 is 5.32 Å². The van der Waals surface area contributed by atoms with E-state index < -0.39 is 0 Å². The third-order valence-electron chi connectivity index (χ3n) is 4.71. The standard InChI is InChI=1S/C16H22N2O.ClH/c1-13-3-2-4-14(11-13)15(19)18-9-6-16(7-10-18)5-8-17-12-16;/h2-4,11,17H,5-10,12H2,1H3;1H. The van der Waals surface area contributed by atoms with Crippen LogP contribution in [-0.4, -0.2) is 37.0 Å². The number of halogens is 1. The zero-order valence-electron chi connectivity index (χ0n) is 12.0. The van der Waals surface area contributed by atoms with Gasteiger partial charge < -0.3 is 10.2 Å². The Morgan fingerprint density at radius 3 is 2.60 bits per heavy atom. The molecule has 2 aliphatic rings. The molecular formula is C16H23ClN2O. The van der Waals surface area contributed by atoms with Crippen LogP contribution in [0.15, 0.2) is 24.3 Å². The van der Waals surface area contributed by atoms with E-state index in [2.05, 4.69) is 5.32 Å². The molecule has 0 aliphatic carbocycles. The van der Waals surface area contributed by atoms with Crippen LogP contribution in [0.4, 0.5) is 0 Å².